The zero-order valence-electron chi connectivity index (χ0n) is 17.7. The molecule has 0 amide bonds. The third kappa shape index (κ3) is 3.04. The number of para-hydroxylation sites is 2. The third-order valence-electron chi connectivity index (χ3n) is 7.02. The van der Waals surface area contributed by atoms with Gasteiger partial charge in [-0.3, -0.25) is 0 Å². The Labute approximate surface area is 173 Å². The molecule has 0 N–H and O–H groups in total. The summed E-state index contributed by atoms with van der Waals surface area (Å²) in [5.74, 6) is 0.567. The predicted molar refractivity (Wildman–Crippen MR) is 119 cm³/mol. The first-order valence-corrected chi connectivity index (χ1v) is 11.5. The first-order valence-electron chi connectivity index (χ1n) is 11.5. The monoisotopic (exact) mass is 388 g/mol. The van der Waals surface area contributed by atoms with Gasteiger partial charge in [0.05, 0.1) is 11.6 Å². The minimum absolute atomic E-state index is 0.272. The van der Waals surface area contributed by atoms with E-state index >= 15 is 0 Å². The van der Waals surface area contributed by atoms with Gasteiger partial charge in [0.15, 0.2) is 0 Å². The number of anilines is 1. The summed E-state index contributed by atoms with van der Waals surface area (Å²) in [6.45, 7) is 5.84. The minimum atomic E-state index is 0.272. The molecule has 2 aliphatic rings. The molecule has 29 heavy (non-hydrogen) atoms. The summed E-state index contributed by atoms with van der Waals surface area (Å²) in [6.07, 6.45) is 8.74. The number of aromatic nitrogens is 3. The van der Waals surface area contributed by atoms with E-state index in [1.807, 2.05) is 0 Å². The van der Waals surface area contributed by atoms with Gasteiger partial charge in [-0.1, -0.05) is 68.7 Å². The van der Waals surface area contributed by atoms with Crippen molar-refractivity contribution in [2.75, 3.05) is 11.4 Å². The zero-order valence-corrected chi connectivity index (χ0v) is 17.7. The number of hydrogen-bond acceptors (Lipinski definition) is 3. The van der Waals surface area contributed by atoms with Crippen molar-refractivity contribution in [3.63, 3.8) is 0 Å². The number of hydrogen-bond donors (Lipinski definition) is 0. The Morgan fingerprint density at radius 3 is 2.76 bits per heavy atom. The maximum atomic E-state index is 4.71. The van der Waals surface area contributed by atoms with Gasteiger partial charge in [0, 0.05) is 29.8 Å². The van der Waals surface area contributed by atoms with Crippen molar-refractivity contribution in [1.82, 2.24) is 15.0 Å². The van der Waals surface area contributed by atoms with E-state index in [1.54, 1.807) is 0 Å². The van der Waals surface area contributed by atoms with Gasteiger partial charge >= 0.3 is 0 Å². The Kier molecular flexibility index (Phi) is 5.03. The van der Waals surface area contributed by atoms with Gasteiger partial charge in [-0.15, -0.1) is 5.10 Å². The van der Waals surface area contributed by atoms with Crippen LogP contribution < -0.4 is 4.90 Å². The molecule has 4 nitrogen and oxygen atoms in total. The van der Waals surface area contributed by atoms with Gasteiger partial charge in [0.25, 0.3) is 0 Å². The highest BCUT2D eigenvalue weighted by atomic mass is 15.4. The van der Waals surface area contributed by atoms with Crippen LogP contribution in [0.3, 0.4) is 0 Å². The van der Waals surface area contributed by atoms with Crippen molar-refractivity contribution in [2.45, 2.75) is 70.9 Å². The molecule has 3 atom stereocenters. The van der Waals surface area contributed by atoms with E-state index in [0.717, 1.165) is 11.0 Å². The van der Waals surface area contributed by atoms with Crippen LogP contribution in [0.4, 0.5) is 5.69 Å². The molecule has 0 radical (unpaired) electrons. The number of fused-ring (bicyclic) bond motifs is 1. The third-order valence-corrected chi connectivity index (χ3v) is 7.02. The van der Waals surface area contributed by atoms with Gasteiger partial charge in [0.1, 0.15) is 5.52 Å². The Morgan fingerprint density at radius 2 is 1.90 bits per heavy atom. The molecular weight excluding hydrogens is 356 g/mol. The molecule has 0 bridgehead atoms. The summed E-state index contributed by atoms with van der Waals surface area (Å²) in [4.78, 5) is 2.78. The summed E-state index contributed by atoms with van der Waals surface area (Å²) in [6, 6.07) is 16.3. The van der Waals surface area contributed by atoms with Crippen molar-refractivity contribution in [2.24, 2.45) is 5.92 Å². The van der Waals surface area contributed by atoms with E-state index in [4.69, 9.17) is 5.21 Å². The lowest BCUT2D eigenvalue weighted by Crippen LogP contribution is -2.51. The lowest BCUT2D eigenvalue weighted by Gasteiger charge is -2.50. The van der Waals surface area contributed by atoms with Gasteiger partial charge in [-0.25, -0.2) is 4.68 Å². The van der Waals surface area contributed by atoms with Gasteiger partial charge in [-0.05, 0) is 43.4 Å². The molecule has 3 aromatic rings. The SMILES string of the molecule is CCCC[C@@H]1[C@@H](CCC)[C@H](n2nnc3ccccc32)c2cccc3c2N1CCC3. The number of aryl methyl sites for hydroxylation is 1. The summed E-state index contributed by atoms with van der Waals surface area (Å²) in [5.41, 5.74) is 6.66. The van der Waals surface area contributed by atoms with E-state index in [-0.39, 0.29) is 6.04 Å². The molecule has 152 valence electrons. The number of rotatable bonds is 6. The molecule has 0 saturated heterocycles. The highest BCUT2D eigenvalue weighted by Crippen LogP contribution is 2.49. The Bertz CT molecular complexity index is 991. The molecule has 4 heteroatoms. The summed E-state index contributed by atoms with van der Waals surface area (Å²) in [5, 5.41) is 9.24. The van der Waals surface area contributed by atoms with Crippen LogP contribution in [-0.2, 0) is 6.42 Å². The lowest BCUT2D eigenvalue weighted by atomic mass is 9.74. The molecule has 3 heterocycles. The molecule has 0 spiro atoms. The van der Waals surface area contributed by atoms with Crippen LogP contribution in [0.2, 0.25) is 0 Å². The molecule has 1 aromatic heterocycles. The summed E-state index contributed by atoms with van der Waals surface area (Å²) < 4.78 is 2.25. The van der Waals surface area contributed by atoms with E-state index in [2.05, 4.69) is 71.0 Å². The van der Waals surface area contributed by atoms with Crippen LogP contribution in [0.1, 0.15) is 69.5 Å². The molecule has 0 aliphatic carbocycles. The van der Waals surface area contributed by atoms with Gasteiger partial charge < -0.3 is 4.90 Å². The Morgan fingerprint density at radius 1 is 1.00 bits per heavy atom. The Hall–Kier alpha value is -2.36. The topological polar surface area (TPSA) is 34.0 Å². The number of benzene rings is 2. The fourth-order valence-corrected chi connectivity index (χ4v) is 5.83. The van der Waals surface area contributed by atoms with Crippen molar-refractivity contribution in [3.8, 4) is 0 Å². The molecule has 0 saturated carbocycles. The quantitative estimate of drug-likeness (QED) is 0.538. The predicted octanol–water partition coefficient (Wildman–Crippen LogP) is 5.76. The highest BCUT2D eigenvalue weighted by molar-refractivity contribution is 5.75. The van der Waals surface area contributed by atoms with Crippen molar-refractivity contribution in [1.29, 1.82) is 0 Å². The number of nitrogens with zero attached hydrogens (tertiary/aromatic N) is 4. The van der Waals surface area contributed by atoms with Crippen LogP contribution in [0.15, 0.2) is 42.5 Å². The number of unbranched alkanes of at least 4 members (excludes halogenated alkanes) is 1. The second kappa shape index (κ2) is 7.81. The average molecular weight is 389 g/mol. The summed E-state index contributed by atoms with van der Waals surface area (Å²) in [7, 11) is 0. The maximum Gasteiger partial charge on any atom is 0.113 e. The van der Waals surface area contributed by atoms with E-state index in [1.165, 1.54) is 68.3 Å². The Balaban J connectivity index is 1.72. The highest BCUT2D eigenvalue weighted by Gasteiger charge is 2.43. The second-order valence-corrected chi connectivity index (χ2v) is 8.78. The average Bonchev–Trinajstić information content (AvgIpc) is 3.18. The van der Waals surface area contributed by atoms with E-state index in [0.29, 0.717) is 12.0 Å². The largest absolute Gasteiger partial charge is 0.368 e. The van der Waals surface area contributed by atoms with Gasteiger partial charge in [-0.2, -0.15) is 0 Å². The maximum absolute atomic E-state index is 4.71. The standard InChI is InChI=1S/C25H32N4/c1-3-5-15-22-19(10-4-2)25(29-23-16-7-6-14-21(23)26-27-29)20-13-8-11-18-12-9-17-28(22)24(18)20/h6-8,11,13-14,16,19,22,25H,3-5,9-10,12,15,17H2,1-2H3/t19-,22-,25+/m1/s1. The minimum Gasteiger partial charge on any atom is -0.368 e. The molecule has 2 aliphatic heterocycles. The van der Waals surface area contributed by atoms with Crippen LogP contribution in [0.5, 0.6) is 0 Å². The fourth-order valence-electron chi connectivity index (χ4n) is 5.83. The van der Waals surface area contributed by atoms with Gasteiger partial charge in [0.2, 0.25) is 0 Å². The van der Waals surface area contributed by atoms with Crippen molar-refractivity contribution >= 4 is 16.7 Å². The van der Waals surface area contributed by atoms with Crippen molar-refractivity contribution < 1.29 is 0 Å². The molecule has 0 unspecified atom stereocenters. The fraction of sp³-hybridized carbons (Fsp3) is 0.520. The zero-order chi connectivity index (χ0) is 19.8. The van der Waals surface area contributed by atoms with Crippen LogP contribution in [0.25, 0.3) is 11.0 Å². The smallest absolute Gasteiger partial charge is 0.113 e. The first-order chi connectivity index (χ1) is 14.3. The van der Waals surface area contributed by atoms with E-state index in [9.17, 15) is 0 Å². The molecule has 5 rings (SSSR count). The summed E-state index contributed by atoms with van der Waals surface area (Å²) >= 11 is 0. The van der Waals surface area contributed by atoms with Crippen LogP contribution >= 0.6 is 0 Å². The first kappa shape index (κ1) is 18.7. The lowest BCUT2D eigenvalue weighted by molar-refractivity contribution is 0.241. The second-order valence-electron chi connectivity index (χ2n) is 8.78. The normalized spacial score (nSPS) is 23.4. The molecule has 0 fully saturated rings. The molecular formula is C25H32N4. The molecule has 2 aromatic carbocycles. The van der Waals surface area contributed by atoms with Crippen molar-refractivity contribution in [3.05, 3.63) is 53.6 Å². The van der Waals surface area contributed by atoms with E-state index < -0.39 is 0 Å². The van der Waals surface area contributed by atoms with Crippen LogP contribution in [-0.4, -0.2) is 27.6 Å². The van der Waals surface area contributed by atoms with Crippen LogP contribution in [0, 0.1) is 5.92 Å².